The summed E-state index contributed by atoms with van der Waals surface area (Å²) < 4.78 is 5.45. The Morgan fingerprint density at radius 3 is 2.67 bits per heavy atom. The Kier molecular flexibility index (Phi) is 4.35. The normalized spacial score (nSPS) is 18.7. The minimum atomic E-state index is -0.708. The maximum Gasteiger partial charge on any atom is 0.405 e. The molecule has 3 heteroatoms. The first-order chi connectivity index (χ1) is 11.4. The summed E-state index contributed by atoms with van der Waals surface area (Å²) in [5, 5.41) is 0. The number of amides is 1. The molecule has 0 spiro atoms. The number of hydrogen-bond acceptors (Lipinski definition) is 2. The Hall–Kier alpha value is -2.29. The molecule has 0 bridgehead atoms. The molecule has 3 rings (SSSR count). The van der Waals surface area contributed by atoms with Gasteiger partial charge in [-0.1, -0.05) is 63.2 Å². The predicted molar refractivity (Wildman–Crippen MR) is 96.8 cm³/mol. The molecule has 0 aliphatic heterocycles. The Balaban J connectivity index is 2.00. The summed E-state index contributed by atoms with van der Waals surface area (Å²) in [6.45, 7) is 6.42. The fourth-order valence-corrected chi connectivity index (χ4v) is 3.58. The van der Waals surface area contributed by atoms with Gasteiger partial charge in [0.1, 0.15) is 6.10 Å². The van der Waals surface area contributed by atoms with Gasteiger partial charge in [-0.2, -0.15) is 0 Å². The van der Waals surface area contributed by atoms with E-state index in [9.17, 15) is 4.79 Å². The number of carbonyl (C=O) groups is 1. The van der Waals surface area contributed by atoms with Crippen LogP contribution >= 0.6 is 0 Å². The van der Waals surface area contributed by atoms with Crippen molar-refractivity contribution in [2.45, 2.75) is 46.1 Å². The van der Waals surface area contributed by atoms with E-state index in [-0.39, 0.29) is 11.5 Å². The van der Waals surface area contributed by atoms with Crippen LogP contribution in [0, 0.1) is 5.41 Å². The molecule has 0 fully saturated rings. The highest BCUT2D eigenvalue weighted by atomic mass is 16.6. The molecule has 1 aliphatic rings. The van der Waals surface area contributed by atoms with Crippen LogP contribution in [-0.2, 0) is 17.6 Å². The van der Waals surface area contributed by atoms with E-state index in [0.29, 0.717) is 0 Å². The first-order valence-electron chi connectivity index (χ1n) is 8.59. The van der Waals surface area contributed by atoms with Crippen molar-refractivity contribution >= 4 is 6.09 Å². The second-order valence-corrected chi connectivity index (χ2v) is 7.27. The van der Waals surface area contributed by atoms with Crippen LogP contribution in [-0.4, -0.2) is 6.09 Å². The molecule has 3 nitrogen and oxygen atoms in total. The van der Waals surface area contributed by atoms with Gasteiger partial charge in [0.25, 0.3) is 0 Å². The summed E-state index contributed by atoms with van der Waals surface area (Å²) in [5.74, 6) is 0. The summed E-state index contributed by atoms with van der Waals surface area (Å²) in [6, 6.07) is 15.1. The van der Waals surface area contributed by atoms with Crippen LogP contribution < -0.4 is 5.73 Å². The summed E-state index contributed by atoms with van der Waals surface area (Å²) in [5.41, 5.74) is 11.3. The average Bonchev–Trinajstić information content (AvgIpc) is 2.57. The van der Waals surface area contributed by atoms with Gasteiger partial charge in [-0.25, -0.2) is 4.79 Å². The van der Waals surface area contributed by atoms with Gasteiger partial charge < -0.3 is 10.5 Å². The second kappa shape index (κ2) is 6.31. The SMILES string of the molecule is CCc1cccc(-c2ccc3c(c2)CCC(C)(C)C3OC(N)=O)c1. The molecule has 0 saturated carbocycles. The van der Waals surface area contributed by atoms with Crippen LogP contribution in [0.2, 0.25) is 0 Å². The molecule has 0 saturated heterocycles. The Morgan fingerprint density at radius 1 is 1.21 bits per heavy atom. The zero-order valence-electron chi connectivity index (χ0n) is 14.6. The van der Waals surface area contributed by atoms with E-state index in [4.69, 9.17) is 10.5 Å². The van der Waals surface area contributed by atoms with Gasteiger partial charge in [-0.3, -0.25) is 0 Å². The lowest BCUT2D eigenvalue weighted by atomic mass is 9.71. The van der Waals surface area contributed by atoms with Gasteiger partial charge in [0, 0.05) is 5.41 Å². The third-order valence-electron chi connectivity index (χ3n) is 5.08. The van der Waals surface area contributed by atoms with Crippen molar-refractivity contribution < 1.29 is 9.53 Å². The molecule has 2 aromatic carbocycles. The fourth-order valence-electron chi connectivity index (χ4n) is 3.58. The van der Waals surface area contributed by atoms with Gasteiger partial charge in [-0.15, -0.1) is 0 Å². The summed E-state index contributed by atoms with van der Waals surface area (Å²) in [4.78, 5) is 11.3. The molecular weight excluding hydrogens is 298 g/mol. The van der Waals surface area contributed by atoms with E-state index in [0.717, 1.165) is 24.8 Å². The van der Waals surface area contributed by atoms with Crippen molar-refractivity contribution in [1.29, 1.82) is 0 Å². The zero-order chi connectivity index (χ0) is 17.3. The number of nitrogens with two attached hydrogens (primary N) is 1. The van der Waals surface area contributed by atoms with E-state index in [1.54, 1.807) is 0 Å². The van der Waals surface area contributed by atoms with Crippen molar-refractivity contribution in [3.8, 4) is 11.1 Å². The topological polar surface area (TPSA) is 52.3 Å². The average molecular weight is 323 g/mol. The number of carbonyl (C=O) groups excluding carboxylic acids is 1. The molecule has 0 radical (unpaired) electrons. The van der Waals surface area contributed by atoms with Crippen LogP contribution in [0.3, 0.4) is 0 Å². The number of benzene rings is 2. The number of hydrogen-bond donors (Lipinski definition) is 1. The first kappa shape index (κ1) is 16.6. The van der Waals surface area contributed by atoms with Gasteiger partial charge in [0.15, 0.2) is 0 Å². The molecule has 1 aliphatic carbocycles. The lowest BCUT2D eigenvalue weighted by molar-refractivity contribution is 0.0147. The van der Waals surface area contributed by atoms with E-state index in [1.165, 1.54) is 22.3 Å². The fraction of sp³-hybridized carbons (Fsp3) is 0.381. The molecule has 0 heterocycles. The van der Waals surface area contributed by atoms with Crippen molar-refractivity contribution in [3.05, 3.63) is 59.2 Å². The predicted octanol–water partition coefficient (Wildman–Crippen LogP) is 5.02. The molecule has 0 aromatic heterocycles. The number of primary amides is 1. The van der Waals surface area contributed by atoms with Crippen molar-refractivity contribution in [2.75, 3.05) is 0 Å². The van der Waals surface area contributed by atoms with Crippen molar-refractivity contribution in [2.24, 2.45) is 11.1 Å². The van der Waals surface area contributed by atoms with E-state index >= 15 is 0 Å². The van der Waals surface area contributed by atoms with Crippen LogP contribution in [0.15, 0.2) is 42.5 Å². The largest absolute Gasteiger partial charge is 0.441 e. The Morgan fingerprint density at radius 2 is 1.96 bits per heavy atom. The van der Waals surface area contributed by atoms with Crippen LogP contribution in [0.25, 0.3) is 11.1 Å². The molecule has 1 amide bonds. The molecule has 1 unspecified atom stereocenters. The van der Waals surface area contributed by atoms with Gasteiger partial charge in [0.05, 0.1) is 0 Å². The molecule has 24 heavy (non-hydrogen) atoms. The number of fused-ring (bicyclic) bond motifs is 1. The summed E-state index contributed by atoms with van der Waals surface area (Å²) in [7, 11) is 0. The highest BCUT2D eigenvalue weighted by Crippen LogP contribution is 2.46. The third-order valence-corrected chi connectivity index (χ3v) is 5.08. The zero-order valence-corrected chi connectivity index (χ0v) is 14.6. The molecule has 1 atom stereocenters. The first-order valence-corrected chi connectivity index (χ1v) is 8.59. The van der Waals surface area contributed by atoms with E-state index in [1.807, 2.05) is 0 Å². The quantitative estimate of drug-likeness (QED) is 0.861. The minimum absolute atomic E-state index is 0.105. The highest BCUT2D eigenvalue weighted by Gasteiger charge is 2.38. The molecule has 126 valence electrons. The lowest BCUT2D eigenvalue weighted by Crippen LogP contribution is -2.33. The molecule has 2 N–H and O–H groups in total. The van der Waals surface area contributed by atoms with Crippen LogP contribution in [0.4, 0.5) is 4.79 Å². The highest BCUT2D eigenvalue weighted by molar-refractivity contribution is 5.67. The van der Waals surface area contributed by atoms with Crippen molar-refractivity contribution in [1.82, 2.24) is 0 Å². The third kappa shape index (κ3) is 3.16. The van der Waals surface area contributed by atoms with E-state index < -0.39 is 6.09 Å². The Labute approximate surface area is 143 Å². The lowest BCUT2D eigenvalue weighted by Gasteiger charge is -2.39. The summed E-state index contributed by atoms with van der Waals surface area (Å²) in [6.07, 6.45) is 2.00. The number of aryl methyl sites for hydroxylation is 2. The summed E-state index contributed by atoms with van der Waals surface area (Å²) >= 11 is 0. The van der Waals surface area contributed by atoms with Crippen LogP contribution in [0.5, 0.6) is 0 Å². The maximum absolute atomic E-state index is 11.3. The maximum atomic E-state index is 11.3. The van der Waals surface area contributed by atoms with Crippen molar-refractivity contribution in [3.63, 3.8) is 0 Å². The Bertz CT molecular complexity index is 764. The van der Waals surface area contributed by atoms with Crippen LogP contribution in [0.1, 0.15) is 50.0 Å². The second-order valence-electron chi connectivity index (χ2n) is 7.27. The minimum Gasteiger partial charge on any atom is -0.441 e. The van der Waals surface area contributed by atoms with Gasteiger partial charge >= 0.3 is 6.09 Å². The van der Waals surface area contributed by atoms with E-state index in [2.05, 4.69) is 63.2 Å². The monoisotopic (exact) mass is 323 g/mol. The van der Waals surface area contributed by atoms with Gasteiger partial charge in [-0.05, 0) is 47.1 Å². The number of ether oxygens (including phenoxy) is 1. The smallest absolute Gasteiger partial charge is 0.405 e. The molecule has 2 aromatic rings. The van der Waals surface area contributed by atoms with Gasteiger partial charge in [0.2, 0.25) is 0 Å². The number of rotatable bonds is 3. The standard InChI is InChI=1S/C21H25NO2/c1-4-14-6-5-7-15(12-14)16-8-9-18-17(13-16)10-11-21(2,3)19(18)24-20(22)23/h5-9,12-13,19H,4,10-11H2,1-3H3,(H2,22,23). The molecular formula is C21H25NO2.